The summed E-state index contributed by atoms with van der Waals surface area (Å²) in [4.78, 5) is 15.5. The summed E-state index contributed by atoms with van der Waals surface area (Å²) in [5, 5.41) is 9.11. The molecule has 2 aromatic rings. The van der Waals surface area contributed by atoms with Crippen molar-refractivity contribution in [1.82, 2.24) is 20.5 Å². The monoisotopic (exact) mass is 231 g/mol. The van der Waals surface area contributed by atoms with Crippen LogP contribution in [0, 0.1) is 0 Å². The van der Waals surface area contributed by atoms with Gasteiger partial charge in [0.2, 0.25) is 5.91 Å². The number of nitrogens with two attached hydrogens (primary N) is 1. The fourth-order valence-corrected chi connectivity index (χ4v) is 1.38. The lowest BCUT2D eigenvalue weighted by molar-refractivity contribution is -0.120. The van der Waals surface area contributed by atoms with Crippen LogP contribution in [-0.2, 0) is 17.8 Å². The van der Waals surface area contributed by atoms with Crippen molar-refractivity contribution < 1.29 is 4.79 Å². The van der Waals surface area contributed by atoms with E-state index in [9.17, 15) is 4.79 Å². The molecule has 0 atom stereocenters. The molecule has 4 N–H and O–H groups in total. The highest BCUT2D eigenvalue weighted by molar-refractivity contribution is 5.78. The van der Waals surface area contributed by atoms with E-state index in [0.29, 0.717) is 24.5 Å². The maximum absolute atomic E-state index is 11.6. The van der Waals surface area contributed by atoms with Gasteiger partial charge >= 0.3 is 0 Å². The quantitative estimate of drug-likeness (QED) is 0.657. The van der Waals surface area contributed by atoms with E-state index in [2.05, 4.69) is 20.5 Å². The van der Waals surface area contributed by atoms with Gasteiger partial charge in [0.05, 0.1) is 13.0 Å². The van der Waals surface area contributed by atoms with Crippen LogP contribution >= 0.6 is 0 Å². The third-order valence-electron chi connectivity index (χ3n) is 2.26. The van der Waals surface area contributed by atoms with E-state index >= 15 is 0 Å². The zero-order chi connectivity index (χ0) is 12.1. The molecule has 17 heavy (non-hydrogen) atoms. The van der Waals surface area contributed by atoms with E-state index in [0.717, 1.165) is 5.56 Å². The summed E-state index contributed by atoms with van der Waals surface area (Å²) >= 11 is 0. The first kappa shape index (κ1) is 11.1. The summed E-state index contributed by atoms with van der Waals surface area (Å²) in [6, 6.07) is 7.23. The van der Waals surface area contributed by atoms with Gasteiger partial charge < -0.3 is 11.1 Å². The van der Waals surface area contributed by atoms with Gasteiger partial charge in [-0.05, 0) is 17.7 Å². The summed E-state index contributed by atoms with van der Waals surface area (Å²) in [5.74, 6) is 0.571. The molecule has 0 aliphatic rings. The normalized spacial score (nSPS) is 10.1. The summed E-state index contributed by atoms with van der Waals surface area (Å²) in [6.45, 7) is 0.355. The zero-order valence-electron chi connectivity index (χ0n) is 9.18. The molecule has 6 nitrogen and oxygen atoms in total. The first-order valence-electron chi connectivity index (χ1n) is 5.19. The van der Waals surface area contributed by atoms with E-state index < -0.39 is 0 Å². The van der Waals surface area contributed by atoms with Crippen LogP contribution in [0.2, 0.25) is 0 Å². The van der Waals surface area contributed by atoms with Crippen molar-refractivity contribution in [1.29, 1.82) is 0 Å². The molecule has 1 aromatic carbocycles. The van der Waals surface area contributed by atoms with Gasteiger partial charge in [-0.3, -0.25) is 9.89 Å². The van der Waals surface area contributed by atoms with Crippen molar-refractivity contribution in [3.8, 4) is 0 Å². The molecule has 0 saturated heterocycles. The molecule has 0 fully saturated rings. The summed E-state index contributed by atoms with van der Waals surface area (Å²) < 4.78 is 0. The Hall–Kier alpha value is -2.37. The van der Waals surface area contributed by atoms with Crippen LogP contribution in [-0.4, -0.2) is 21.1 Å². The Morgan fingerprint density at radius 1 is 1.35 bits per heavy atom. The van der Waals surface area contributed by atoms with Gasteiger partial charge in [-0.1, -0.05) is 12.1 Å². The predicted octanol–water partition coefficient (Wildman–Crippen LogP) is 0.246. The number of nitrogens with one attached hydrogen (secondary N) is 2. The lowest BCUT2D eigenvalue weighted by Crippen LogP contribution is -2.25. The van der Waals surface area contributed by atoms with E-state index in [1.54, 1.807) is 12.1 Å². The average Bonchev–Trinajstić information content (AvgIpc) is 2.83. The van der Waals surface area contributed by atoms with Gasteiger partial charge in [0, 0.05) is 5.69 Å². The molecule has 0 aliphatic carbocycles. The zero-order valence-corrected chi connectivity index (χ0v) is 9.18. The molecule has 0 aliphatic heterocycles. The molecule has 2 rings (SSSR count). The largest absolute Gasteiger partial charge is 0.399 e. The standard InChI is InChI=1S/C11H13N5O/c12-9-3-1-8(2-4-9)5-11(17)13-6-10-14-7-15-16-10/h1-4,7H,5-6,12H2,(H,13,17)(H,14,15,16). The molecule has 1 aromatic heterocycles. The van der Waals surface area contributed by atoms with Crippen molar-refractivity contribution in [2.75, 3.05) is 5.73 Å². The van der Waals surface area contributed by atoms with Crippen molar-refractivity contribution >= 4 is 11.6 Å². The lowest BCUT2D eigenvalue weighted by atomic mass is 10.1. The number of H-pyrrole nitrogens is 1. The second kappa shape index (κ2) is 5.11. The van der Waals surface area contributed by atoms with Crippen LogP contribution in [0.5, 0.6) is 0 Å². The highest BCUT2D eigenvalue weighted by Gasteiger charge is 2.04. The Balaban J connectivity index is 1.83. The number of carbonyl (C=O) groups is 1. The van der Waals surface area contributed by atoms with Crippen molar-refractivity contribution in [2.45, 2.75) is 13.0 Å². The van der Waals surface area contributed by atoms with Gasteiger partial charge in [0.15, 0.2) is 0 Å². The first-order valence-corrected chi connectivity index (χ1v) is 5.19. The topological polar surface area (TPSA) is 96.7 Å². The number of amides is 1. The third kappa shape index (κ3) is 3.30. The number of anilines is 1. The molecule has 0 unspecified atom stereocenters. The van der Waals surface area contributed by atoms with Crippen molar-refractivity contribution in [2.24, 2.45) is 0 Å². The van der Waals surface area contributed by atoms with Crippen LogP contribution in [0.15, 0.2) is 30.6 Å². The van der Waals surface area contributed by atoms with Gasteiger partial charge in [-0.25, -0.2) is 4.98 Å². The second-order valence-electron chi connectivity index (χ2n) is 3.63. The number of aromatic amines is 1. The average molecular weight is 231 g/mol. The number of nitrogens with zero attached hydrogens (tertiary/aromatic N) is 2. The Morgan fingerprint density at radius 3 is 2.76 bits per heavy atom. The number of nitrogen functional groups attached to an aromatic ring is 1. The molecule has 1 amide bonds. The third-order valence-corrected chi connectivity index (χ3v) is 2.26. The summed E-state index contributed by atoms with van der Waals surface area (Å²) in [7, 11) is 0. The van der Waals surface area contributed by atoms with Crippen LogP contribution in [0.4, 0.5) is 5.69 Å². The van der Waals surface area contributed by atoms with Crippen LogP contribution in [0.25, 0.3) is 0 Å². The minimum absolute atomic E-state index is 0.0637. The molecular formula is C11H13N5O. The number of hydrogen-bond donors (Lipinski definition) is 3. The SMILES string of the molecule is Nc1ccc(CC(=O)NCc2ncn[nH]2)cc1. The molecule has 0 spiro atoms. The van der Waals surface area contributed by atoms with E-state index in [1.807, 2.05) is 12.1 Å². The van der Waals surface area contributed by atoms with E-state index in [4.69, 9.17) is 5.73 Å². The second-order valence-corrected chi connectivity index (χ2v) is 3.63. The molecule has 6 heteroatoms. The van der Waals surface area contributed by atoms with Gasteiger partial charge in [-0.15, -0.1) is 0 Å². The maximum Gasteiger partial charge on any atom is 0.224 e. The van der Waals surface area contributed by atoms with Crippen LogP contribution in [0.3, 0.4) is 0 Å². The summed E-state index contributed by atoms with van der Waals surface area (Å²) in [6.07, 6.45) is 1.73. The maximum atomic E-state index is 11.6. The van der Waals surface area contributed by atoms with E-state index in [-0.39, 0.29) is 5.91 Å². The highest BCUT2D eigenvalue weighted by atomic mass is 16.1. The van der Waals surface area contributed by atoms with Gasteiger partial charge in [-0.2, -0.15) is 5.10 Å². The lowest BCUT2D eigenvalue weighted by Gasteiger charge is -2.03. The van der Waals surface area contributed by atoms with Crippen molar-refractivity contribution in [3.63, 3.8) is 0 Å². The Morgan fingerprint density at radius 2 is 2.12 bits per heavy atom. The molecule has 0 bridgehead atoms. The fourth-order valence-electron chi connectivity index (χ4n) is 1.38. The number of rotatable bonds is 4. The van der Waals surface area contributed by atoms with Gasteiger partial charge in [0.25, 0.3) is 0 Å². The fraction of sp³-hybridized carbons (Fsp3) is 0.182. The predicted molar refractivity (Wildman–Crippen MR) is 62.8 cm³/mol. The first-order chi connectivity index (χ1) is 8.24. The molecule has 1 heterocycles. The molecule has 88 valence electrons. The number of aromatic nitrogens is 3. The minimum atomic E-state index is -0.0637. The number of benzene rings is 1. The van der Waals surface area contributed by atoms with Crippen LogP contribution in [0.1, 0.15) is 11.4 Å². The Labute approximate surface area is 98.3 Å². The van der Waals surface area contributed by atoms with Crippen molar-refractivity contribution in [3.05, 3.63) is 42.0 Å². The van der Waals surface area contributed by atoms with Crippen LogP contribution < -0.4 is 11.1 Å². The number of carbonyl (C=O) groups excluding carboxylic acids is 1. The Kier molecular flexibility index (Phi) is 3.34. The minimum Gasteiger partial charge on any atom is -0.399 e. The summed E-state index contributed by atoms with van der Waals surface area (Å²) in [5.41, 5.74) is 7.18. The number of hydrogen-bond acceptors (Lipinski definition) is 4. The Bertz CT molecular complexity index is 477. The highest BCUT2D eigenvalue weighted by Crippen LogP contribution is 2.05. The molecule has 0 radical (unpaired) electrons. The molecule has 0 saturated carbocycles. The smallest absolute Gasteiger partial charge is 0.224 e. The van der Waals surface area contributed by atoms with Gasteiger partial charge in [0.1, 0.15) is 12.2 Å². The molecular weight excluding hydrogens is 218 g/mol. The van der Waals surface area contributed by atoms with E-state index in [1.165, 1.54) is 6.33 Å².